The Bertz CT molecular complexity index is 325. The van der Waals surface area contributed by atoms with Crippen molar-refractivity contribution < 1.29 is 17.4 Å². The van der Waals surface area contributed by atoms with Gasteiger partial charge in [-0.2, -0.15) is 8.42 Å². The molecule has 0 aliphatic heterocycles. The molecule has 1 rings (SSSR count). The molecular formula is C8H12O4S. The second kappa shape index (κ2) is 4.43. The molecule has 1 N–H and O–H groups in total. The van der Waals surface area contributed by atoms with Crippen LogP contribution in [0.25, 0.3) is 0 Å². The summed E-state index contributed by atoms with van der Waals surface area (Å²) in [6.45, 7) is 0. The van der Waals surface area contributed by atoms with Crippen molar-refractivity contribution >= 4 is 10.1 Å². The smallest absolute Gasteiger partial charge is 0.264 e. The van der Waals surface area contributed by atoms with Crippen molar-refractivity contribution in [3.05, 3.63) is 24.2 Å². The summed E-state index contributed by atoms with van der Waals surface area (Å²) in [4.78, 5) is 0. The van der Waals surface area contributed by atoms with Gasteiger partial charge in [0.25, 0.3) is 10.1 Å². The zero-order valence-electron chi connectivity index (χ0n) is 7.14. The largest absolute Gasteiger partial charge is 0.469 e. The van der Waals surface area contributed by atoms with Gasteiger partial charge >= 0.3 is 0 Å². The first-order valence-corrected chi connectivity index (χ1v) is 5.66. The minimum atomic E-state index is -3.80. The van der Waals surface area contributed by atoms with Gasteiger partial charge in [0.1, 0.15) is 5.76 Å². The molecule has 0 aliphatic carbocycles. The van der Waals surface area contributed by atoms with E-state index in [4.69, 9.17) is 8.97 Å². The monoisotopic (exact) mass is 204 g/mol. The molecule has 0 unspecified atom stereocenters. The molecule has 1 aromatic rings. The maximum absolute atomic E-state index is 10.3. The lowest BCUT2D eigenvalue weighted by Gasteiger charge is -1.96. The number of unbranched alkanes of at least 4 members (excludes halogenated alkanes) is 1. The lowest BCUT2D eigenvalue weighted by molar-refractivity contribution is 0.475. The van der Waals surface area contributed by atoms with Crippen LogP contribution in [-0.4, -0.2) is 18.7 Å². The number of aryl methyl sites for hydroxylation is 1. The summed E-state index contributed by atoms with van der Waals surface area (Å²) in [6, 6.07) is 3.63. The highest BCUT2D eigenvalue weighted by Gasteiger charge is 2.03. The predicted molar refractivity (Wildman–Crippen MR) is 48.1 cm³/mol. The Hall–Kier alpha value is -0.810. The van der Waals surface area contributed by atoms with Crippen LogP contribution in [0.1, 0.15) is 18.6 Å². The number of hydrogen-bond donors (Lipinski definition) is 1. The first-order chi connectivity index (χ1) is 6.08. The van der Waals surface area contributed by atoms with Crippen LogP contribution in [0.5, 0.6) is 0 Å². The van der Waals surface area contributed by atoms with E-state index >= 15 is 0 Å². The lowest BCUT2D eigenvalue weighted by Crippen LogP contribution is -2.03. The van der Waals surface area contributed by atoms with Gasteiger partial charge in [0.05, 0.1) is 12.0 Å². The Morgan fingerprint density at radius 3 is 2.69 bits per heavy atom. The summed E-state index contributed by atoms with van der Waals surface area (Å²) in [6.07, 6.45) is 3.45. The van der Waals surface area contributed by atoms with Crippen LogP contribution < -0.4 is 0 Å². The summed E-state index contributed by atoms with van der Waals surface area (Å²) in [7, 11) is -3.80. The van der Waals surface area contributed by atoms with Crippen molar-refractivity contribution in [2.75, 3.05) is 5.75 Å². The molecule has 0 aliphatic rings. The van der Waals surface area contributed by atoms with Crippen LogP contribution in [0, 0.1) is 0 Å². The maximum atomic E-state index is 10.3. The van der Waals surface area contributed by atoms with Gasteiger partial charge in [-0.05, 0) is 25.0 Å². The van der Waals surface area contributed by atoms with Crippen LogP contribution in [0.3, 0.4) is 0 Å². The van der Waals surface area contributed by atoms with Gasteiger partial charge in [-0.3, -0.25) is 4.55 Å². The van der Waals surface area contributed by atoms with Crippen LogP contribution >= 0.6 is 0 Å². The molecule has 0 bridgehead atoms. The quantitative estimate of drug-likeness (QED) is 0.582. The molecular weight excluding hydrogens is 192 g/mol. The second-order valence-corrected chi connectivity index (χ2v) is 4.39. The fourth-order valence-electron chi connectivity index (χ4n) is 1.04. The van der Waals surface area contributed by atoms with Crippen molar-refractivity contribution in [3.63, 3.8) is 0 Å². The lowest BCUT2D eigenvalue weighted by atomic mass is 10.2. The Morgan fingerprint density at radius 2 is 2.15 bits per heavy atom. The molecule has 13 heavy (non-hydrogen) atoms. The molecule has 0 aromatic carbocycles. The van der Waals surface area contributed by atoms with E-state index in [1.807, 2.05) is 6.07 Å². The van der Waals surface area contributed by atoms with E-state index in [1.54, 1.807) is 12.3 Å². The van der Waals surface area contributed by atoms with Gasteiger partial charge in [0, 0.05) is 6.42 Å². The Kier molecular flexibility index (Phi) is 3.50. The van der Waals surface area contributed by atoms with E-state index < -0.39 is 10.1 Å². The van der Waals surface area contributed by atoms with Crippen LogP contribution in [0.15, 0.2) is 22.8 Å². The molecule has 4 nitrogen and oxygen atoms in total. The highest BCUT2D eigenvalue weighted by atomic mass is 32.2. The van der Waals surface area contributed by atoms with E-state index in [1.165, 1.54) is 0 Å². The van der Waals surface area contributed by atoms with Crippen LogP contribution in [0.4, 0.5) is 0 Å². The summed E-state index contributed by atoms with van der Waals surface area (Å²) in [5.41, 5.74) is 0. The molecule has 1 heterocycles. The molecule has 0 saturated carbocycles. The van der Waals surface area contributed by atoms with Crippen LogP contribution in [-0.2, 0) is 16.5 Å². The molecule has 0 fully saturated rings. The third-order valence-electron chi connectivity index (χ3n) is 1.66. The first kappa shape index (κ1) is 10.3. The normalized spacial score (nSPS) is 11.8. The van der Waals surface area contributed by atoms with Gasteiger partial charge in [0.2, 0.25) is 0 Å². The maximum Gasteiger partial charge on any atom is 0.264 e. The average molecular weight is 204 g/mol. The zero-order chi connectivity index (χ0) is 9.73. The molecule has 0 radical (unpaired) electrons. The van der Waals surface area contributed by atoms with Gasteiger partial charge in [-0.1, -0.05) is 0 Å². The van der Waals surface area contributed by atoms with Crippen molar-refractivity contribution in [2.45, 2.75) is 19.3 Å². The third kappa shape index (κ3) is 4.69. The first-order valence-electron chi connectivity index (χ1n) is 4.05. The molecule has 74 valence electrons. The van der Waals surface area contributed by atoms with E-state index in [9.17, 15) is 8.42 Å². The Balaban J connectivity index is 2.16. The van der Waals surface area contributed by atoms with E-state index in [2.05, 4.69) is 0 Å². The molecule has 0 atom stereocenters. The van der Waals surface area contributed by atoms with Gasteiger partial charge in [0.15, 0.2) is 0 Å². The van der Waals surface area contributed by atoms with Crippen molar-refractivity contribution in [2.24, 2.45) is 0 Å². The fourth-order valence-corrected chi connectivity index (χ4v) is 1.61. The Labute approximate surface area is 77.3 Å². The molecule has 0 saturated heterocycles. The average Bonchev–Trinajstić information content (AvgIpc) is 2.48. The number of rotatable bonds is 5. The third-order valence-corrected chi connectivity index (χ3v) is 2.46. The standard InChI is InChI=1S/C8H12O4S/c9-13(10,11)7-2-1-4-8-5-3-6-12-8/h3,5-6H,1-2,4,7H2,(H,9,10,11). The number of hydrogen-bond acceptors (Lipinski definition) is 3. The highest BCUT2D eigenvalue weighted by molar-refractivity contribution is 7.85. The van der Waals surface area contributed by atoms with Crippen molar-refractivity contribution in [1.29, 1.82) is 0 Å². The summed E-state index contributed by atoms with van der Waals surface area (Å²) in [5.74, 6) is 0.670. The van der Waals surface area contributed by atoms with Gasteiger partial charge in [-0.25, -0.2) is 0 Å². The van der Waals surface area contributed by atoms with Gasteiger partial charge < -0.3 is 4.42 Å². The SMILES string of the molecule is O=S(=O)(O)CCCCc1ccco1. The second-order valence-electron chi connectivity index (χ2n) is 2.82. The molecule has 0 spiro atoms. The summed E-state index contributed by atoms with van der Waals surface area (Å²) >= 11 is 0. The minimum Gasteiger partial charge on any atom is -0.469 e. The zero-order valence-corrected chi connectivity index (χ0v) is 7.96. The highest BCUT2D eigenvalue weighted by Crippen LogP contribution is 2.05. The van der Waals surface area contributed by atoms with Gasteiger partial charge in [-0.15, -0.1) is 0 Å². The number of furan rings is 1. The molecule has 0 amide bonds. The van der Waals surface area contributed by atoms with Crippen molar-refractivity contribution in [1.82, 2.24) is 0 Å². The van der Waals surface area contributed by atoms with Crippen molar-refractivity contribution in [3.8, 4) is 0 Å². The predicted octanol–water partition coefficient (Wildman–Crippen LogP) is 1.49. The van der Waals surface area contributed by atoms with E-state index in [-0.39, 0.29) is 5.75 Å². The summed E-state index contributed by atoms with van der Waals surface area (Å²) in [5, 5.41) is 0. The molecule has 1 aromatic heterocycles. The Morgan fingerprint density at radius 1 is 1.38 bits per heavy atom. The van der Waals surface area contributed by atoms with Crippen LogP contribution in [0.2, 0.25) is 0 Å². The summed E-state index contributed by atoms with van der Waals surface area (Å²) < 4.78 is 34.1. The topological polar surface area (TPSA) is 67.5 Å². The minimum absolute atomic E-state index is 0.173. The van der Waals surface area contributed by atoms with E-state index in [0.717, 1.165) is 5.76 Å². The fraction of sp³-hybridized carbons (Fsp3) is 0.500. The molecule has 5 heteroatoms. The van der Waals surface area contributed by atoms with E-state index in [0.29, 0.717) is 19.3 Å².